The van der Waals surface area contributed by atoms with Gasteiger partial charge in [-0.25, -0.2) is 4.79 Å². The molecule has 7 heteroatoms. The zero-order valence-electron chi connectivity index (χ0n) is 15.2. The number of terminal acetylenes is 1. The molecule has 3 N–H and O–H groups in total. The summed E-state index contributed by atoms with van der Waals surface area (Å²) in [5.41, 5.74) is 0. The Bertz CT molecular complexity index is 551. The third-order valence-electron chi connectivity index (χ3n) is 5.31. The number of aliphatic carboxylic acids is 1. The Kier molecular flexibility index (Phi) is 7.92. The van der Waals surface area contributed by atoms with Gasteiger partial charge in [0, 0.05) is 25.9 Å². The number of hydrogen-bond donors (Lipinski definition) is 3. The van der Waals surface area contributed by atoms with E-state index < -0.39 is 12.0 Å². The number of rotatable bonds is 7. The van der Waals surface area contributed by atoms with E-state index in [4.69, 9.17) is 11.5 Å². The highest BCUT2D eigenvalue weighted by atomic mass is 16.4. The normalized spacial score (nSPS) is 22.3. The number of carbonyl (C=O) groups excluding carboxylic acids is 2. The first kappa shape index (κ1) is 20.2. The molecule has 2 heterocycles. The van der Waals surface area contributed by atoms with Crippen molar-refractivity contribution in [2.75, 3.05) is 26.2 Å². The summed E-state index contributed by atoms with van der Waals surface area (Å²) in [6.45, 7) is 3.07. The molecule has 2 saturated heterocycles. The van der Waals surface area contributed by atoms with Crippen LogP contribution in [0.15, 0.2) is 0 Å². The highest BCUT2D eigenvalue weighted by Crippen LogP contribution is 2.21. The highest BCUT2D eigenvalue weighted by Gasteiger charge is 2.30. The molecule has 0 aromatic carbocycles. The van der Waals surface area contributed by atoms with Crippen LogP contribution in [-0.4, -0.2) is 60.0 Å². The summed E-state index contributed by atoms with van der Waals surface area (Å²) in [6, 6.07) is -1.07. The predicted molar refractivity (Wildman–Crippen MR) is 97.1 cm³/mol. The van der Waals surface area contributed by atoms with Crippen molar-refractivity contribution in [2.24, 2.45) is 11.8 Å². The van der Waals surface area contributed by atoms with Crippen molar-refractivity contribution in [3.05, 3.63) is 0 Å². The Labute approximate surface area is 154 Å². The monoisotopic (exact) mass is 363 g/mol. The Hall–Kier alpha value is -2.07. The molecule has 2 aliphatic rings. The van der Waals surface area contributed by atoms with Gasteiger partial charge < -0.3 is 20.6 Å². The van der Waals surface area contributed by atoms with E-state index in [0.29, 0.717) is 31.8 Å². The van der Waals surface area contributed by atoms with E-state index >= 15 is 0 Å². The van der Waals surface area contributed by atoms with Crippen molar-refractivity contribution in [1.82, 2.24) is 15.5 Å². The van der Waals surface area contributed by atoms with Gasteiger partial charge in [-0.05, 0) is 51.1 Å². The van der Waals surface area contributed by atoms with Crippen molar-refractivity contribution in [3.8, 4) is 12.3 Å². The third kappa shape index (κ3) is 6.03. The van der Waals surface area contributed by atoms with E-state index in [1.165, 1.54) is 0 Å². The first-order chi connectivity index (χ1) is 12.5. The summed E-state index contributed by atoms with van der Waals surface area (Å²) in [4.78, 5) is 37.8. The van der Waals surface area contributed by atoms with Crippen molar-refractivity contribution in [3.63, 3.8) is 0 Å². The average molecular weight is 363 g/mol. The maximum absolute atomic E-state index is 12.5. The number of carboxylic acids is 1. The molecule has 0 bridgehead atoms. The van der Waals surface area contributed by atoms with Gasteiger partial charge in [0.25, 0.3) is 0 Å². The van der Waals surface area contributed by atoms with E-state index in [2.05, 4.69) is 16.6 Å². The maximum atomic E-state index is 12.5. The van der Waals surface area contributed by atoms with Crippen LogP contribution in [0.4, 0.5) is 0 Å². The third-order valence-corrected chi connectivity index (χ3v) is 5.31. The summed E-state index contributed by atoms with van der Waals surface area (Å²) in [5.74, 6) is 1.13. The molecule has 0 spiro atoms. The topological polar surface area (TPSA) is 98.7 Å². The second-order valence-electron chi connectivity index (χ2n) is 7.22. The van der Waals surface area contributed by atoms with E-state index in [0.717, 1.165) is 38.8 Å². The van der Waals surface area contributed by atoms with Crippen LogP contribution in [-0.2, 0) is 14.4 Å². The molecule has 0 aromatic heterocycles. The molecule has 2 rings (SSSR count). The second kappa shape index (κ2) is 10.2. The van der Waals surface area contributed by atoms with Crippen LogP contribution < -0.4 is 10.6 Å². The molecule has 0 unspecified atom stereocenters. The summed E-state index contributed by atoms with van der Waals surface area (Å²) in [6.07, 6.45) is 10.2. The summed E-state index contributed by atoms with van der Waals surface area (Å²) in [5, 5.41) is 14.9. The summed E-state index contributed by atoms with van der Waals surface area (Å²) in [7, 11) is 0. The fourth-order valence-electron chi connectivity index (χ4n) is 3.68. The molecule has 2 fully saturated rings. The van der Waals surface area contributed by atoms with Gasteiger partial charge in [0.15, 0.2) is 0 Å². The minimum Gasteiger partial charge on any atom is -0.480 e. The number of carbonyl (C=O) groups is 3. The number of piperidine rings is 2. The van der Waals surface area contributed by atoms with E-state index in [-0.39, 0.29) is 24.2 Å². The number of likely N-dealkylation sites (tertiary alicyclic amines) is 1. The molecule has 2 atom stereocenters. The predicted octanol–water partition coefficient (Wildman–Crippen LogP) is 0.598. The van der Waals surface area contributed by atoms with E-state index in [1.807, 2.05) is 0 Å². The summed E-state index contributed by atoms with van der Waals surface area (Å²) >= 11 is 0. The van der Waals surface area contributed by atoms with Gasteiger partial charge in [0.1, 0.15) is 6.04 Å². The van der Waals surface area contributed by atoms with Crippen LogP contribution in [0.2, 0.25) is 0 Å². The molecule has 7 nitrogen and oxygen atoms in total. The molecule has 2 amide bonds. The lowest BCUT2D eigenvalue weighted by atomic mass is 9.92. The van der Waals surface area contributed by atoms with Crippen molar-refractivity contribution in [2.45, 2.75) is 51.0 Å². The Morgan fingerprint density at radius 2 is 2.00 bits per heavy atom. The molecule has 144 valence electrons. The SMILES string of the molecule is C#CC[C@H](NC(=O)[C@@H]1CCCN(C(=O)CCC2CCNCC2)C1)C(=O)O. The smallest absolute Gasteiger partial charge is 0.327 e. The highest BCUT2D eigenvalue weighted by molar-refractivity contribution is 5.86. The van der Waals surface area contributed by atoms with Crippen LogP contribution in [0.25, 0.3) is 0 Å². The second-order valence-corrected chi connectivity index (χ2v) is 7.22. The van der Waals surface area contributed by atoms with Crippen LogP contribution in [0.5, 0.6) is 0 Å². The van der Waals surface area contributed by atoms with Crippen LogP contribution in [0.1, 0.15) is 44.9 Å². The molecule has 2 aliphatic heterocycles. The van der Waals surface area contributed by atoms with Crippen molar-refractivity contribution >= 4 is 17.8 Å². The molecular formula is C19H29N3O4. The lowest BCUT2D eigenvalue weighted by Gasteiger charge is -2.33. The van der Waals surface area contributed by atoms with Crippen molar-refractivity contribution in [1.29, 1.82) is 0 Å². The number of hydrogen-bond acceptors (Lipinski definition) is 4. The fourth-order valence-corrected chi connectivity index (χ4v) is 3.68. The number of nitrogens with zero attached hydrogens (tertiary/aromatic N) is 1. The molecule has 0 radical (unpaired) electrons. The van der Waals surface area contributed by atoms with Gasteiger partial charge in [-0.15, -0.1) is 12.3 Å². The lowest BCUT2D eigenvalue weighted by molar-refractivity contribution is -0.143. The minimum absolute atomic E-state index is 0.0489. The number of nitrogens with one attached hydrogen (secondary N) is 2. The standard InChI is InChI=1S/C19H29N3O4/c1-2-4-16(19(25)26)21-18(24)15-5-3-12-22(13-15)17(23)7-6-14-8-10-20-11-9-14/h1,14-16,20H,3-13H2,(H,21,24)(H,25,26)/t15-,16+/m1/s1. The molecule has 0 aliphatic carbocycles. The minimum atomic E-state index is -1.14. The molecule has 0 saturated carbocycles. The zero-order chi connectivity index (χ0) is 18.9. The molecule has 26 heavy (non-hydrogen) atoms. The first-order valence-corrected chi connectivity index (χ1v) is 9.46. The fraction of sp³-hybridized carbons (Fsp3) is 0.737. The van der Waals surface area contributed by atoms with Crippen LogP contribution in [0, 0.1) is 24.2 Å². The Morgan fingerprint density at radius 1 is 1.27 bits per heavy atom. The largest absolute Gasteiger partial charge is 0.480 e. The number of carboxylic acid groups (broad SMARTS) is 1. The van der Waals surface area contributed by atoms with Gasteiger partial charge in [-0.3, -0.25) is 9.59 Å². The van der Waals surface area contributed by atoms with Crippen molar-refractivity contribution < 1.29 is 19.5 Å². The Balaban J connectivity index is 1.81. The summed E-state index contributed by atoms with van der Waals surface area (Å²) < 4.78 is 0. The zero-order valence-corrected chi connectivity index (χ0v) is 15.2. The van der Waals surface area contributed by atoms with Crippen LogP contribution in [0.3, 0.4) is 0 Å². The Morgan fingerprint density at radius 3 is 2.65 bits per heavy atom. The number of amides is 2. The van der Waals surface area contributed by atoms with E-state index in [9.17, 15) is 14.4 Å². The van der Waals surface area contributed by atoms with Gasteiger partial charge >= 0.3 is 5.97 Å². The first-order valence-electron chi connectivity index (χ1n) is 9.46. The lowest BCUT2D eigenvalue weighted by Crippen LogP contribution is -2.49. The van der Waals surface area contributed by atoms with Gasteiger partial charge in [0.05, 0.1) is 5.92 Å². The van der Waals surface area contributed by atoms with E-state index in [1.54, 1.807) is 4.90 Å². The van der Waals surface area contributed by atoms with Gasteiger partial charge in [-0.2, -0.15) is 0 Å². The molecule has 0 aromatic rings. The maximum Gasteiger partial charge on any atom is 0.327 e. The quantitative estimate of drug-likeness (QED) is 0.575. The van der Waals surface area contributed by atoms with Crippen LogP contribution >= 0.6 is 0 Å². The van der Waals surface area contributed by atoms with Gasteiger partial charge in [-0.1, -0.05) is 0 Å². The van der Waals surface area contributed by atoms with Gasteiger partial charge in [0.2, 0.25) is 11.8 Å². The average Bonchev–Trinajstić information content (AvgIpc) is 2.66. The molecular weight excluding hydrogens is 334 g/mol.